The van der Waals surface area contributed by atoms with Gasteiger partial charge >= 0.3 is 24.0 Å². The molecule has 0 fully saturated rings. The van der Waals surface area contributed by atoms with Gasteiger partial charge in [0, 0.05) is 5.57 Å². The highest BCUT2D eigenvalue weighted by molar-refractivity contribution is 5.89. The quantitative estimate of drug-likeness (QED) is 0.466. The number of hydrogen-bond donors (Lipinski definition) is 1. The molecule has 0 spiro atoms. The molecule has 17 heavy (non-hydrogen) atoms. The Bertz CT molecular complexity index is 333. The maximum absolute atomic E-state index is 12.4. The lowest BCUT2D eigenvalue weighted by Gasteiger charge is -2.19. The fourth-order valence-electron chi connectivity index (χ4n) is 0.670. The van der Waals surface area contributed by atoms with Crippen LogP contribution in [0, 0.1) is 0 Å². The lowest BCUT2D eigenvalue weighted by Crippen LogP contribution is -2.37. The predicted octanol–water partition coefficient (Wildman–Crippen LogP) is 1.76. The van der Waals surface area contributed by atoms with Crippen molar-refractivity contribution in [1.82, 2.24) is 0 Å². The molecule has 0 amide bonds. The molecule has 0 aliphatic carbocycles. The minimum absolute atomic E-state index is 1.14. The normalized spacial score (nSPS) is 12.1. The number of hydrogen-bond acceptors (Lipinski definition) is 3. The van der Waals surface area contributed by atoms with Crippen molar-refractivity contribution >= 4 is 11.9 Å². The van der Waals surface area contributed by atoms with Crippen LogP contribution in [0.25, 0.3) is 0 Å². The van der Waals surface area contributed by atoms with Crippen LogP contribution in [-0.4, -0.2) is 35.8 Å². The molecule has 1 N–H and O–H groups in total. The van der Waals surface area contributed by atoms with Crippen LogP contribution in [-0.2, 0) is 14.3 Å². The van der Waals surface area contributed by atoms with E-state index in [0.29, 0.717) is 0 Å². The van der Waals surface area contributed by atoms with E-state index >= 15 is 0 Å². The fourth-order valence-corrected chi connectivity index (χ4v) is 0.670. The highest BCUT2D eigenvalue weighted by atomic mass is 19.4. The summed E-state index contributed by atoms with van der Waals surface area (Å²) in [4.78, 5) is 20.7. The zero-order chi connectivity index (χ0) is 13.9. The number of ether oxygens (including phenoxy) is 1. The van der Waals surface area contributed by atoms with E-state index in [1.165, 1.54) is 0 Å². The summed E-state index contributed by atoms with van der Waals surface area (Å²) in [5.74, 6) is -8.31. The Morgan fingerprint density at radius 2 is 1.65 bits per heavy atom. The molecule has 4 nitrogen and oxygen atoms in total. The molecule has 0 aromatic heterocycles. The van der Waals surface area contributed by atoms with Gasteiger partial charge in [0.25, 0.3) is 0 Å². The van der Waals surface area contributed by atoms with E-state index in [9.17, 15) is 31.5 Å². The van der Waals surface area contributed by atoms with Crippen molar-refractivity contribution in [3.8, 4) is 0 Å². The molecule has 0 heterocycles. The van der Waals surface area contributed by atoms with Crippen molar-refractivity contribution < 1.29 is 41.4 Å². The van der Waals surface area contributed by atoms with Crippen LogP contribution in [0.1, 0.15) is 6.42 Å². The summed E-state index contributed by atoms with van der Waals surface area (Å²) in [7, 11) is 0. The first-order valence-corrected chi connectivity index (χ1v) is 3.98. The van der Waals surface area contributed by atoms with Gasteiger partial charge in [0.2, 0.25) is 0 Å². The third-order valence-corrected chi connectivity index (χ3v) is 1.47. The third kappa shape index (κ3) is 4.79. The molecular weight excluding hydrogens is 255 g/mol. The Morgan fingerprint density at radius 1 is 1.18 bits per heavy atom. The highest BCUT2D eigenvalue weighted by Gasteiger charge is 2.57. The molecule has 0 aliphatic heterocycles. The second-order valence-corrected chi connectivity index (χ2v) is 2.95. The van der Waals surface area contributed by atoms with E-state index < -0.39 is 42.6 Å². The first-order chi connectivity index (χ1) is 7.47. The number of carboxylic acids is 1. The second-order valence-electron chi connectivity index (χ2n) is 2.95. The largest absolute Gasteiger partial charge is 0.479 e. The van der Waals surface area contributed by atoms with Crippen LogP contribution in [0.3, 0.4) is 0 Å². The molecule has 0 radical (unpaired) electrons. The van der Waals surface area contributed by atoms with Gasteiger partial charge in [0.1, 0.15) is 0 Å². The van der Waals surface area contributed by atoms with Crippen molar-refractivity contribution in [2.75, 3.05) is 6.61 Å². The molecule has 0 aliphatic rings. The van der Waals surface area contributed by atoms with Gasteiger partial charge in [-0.15, -0.1) is 0 Å². The summed E-state index contributed by atoms with van der Waals surface area (Å²) in [6.45, 7) is 1.54. The van der Waals surface area contributed by atoms with Gasteiger partial charge in [-0.1, -0.05) is 6.58 Å². The summed E-state index contributed by atoms with van der Waals surface area (Å²) in [6.07, 6.45) is -7.79. The van der Waals surface area contributed by atoms with Gasteiger partial charge in [-0.2, -0.15) is 22.0 Å². The van der Waals surface area contributed by atoms with Crippen molar-refractivity contribution in [3.63, 3.8) is 0 Å². The molecule has 0 saturated carbocycles. The number of aliphatic carboxylic acids is 1. The van der Waals surface area contributed by atoms with Gasteiger partial charge < -0.3 is 9.84 Å². The standard InChI is InChI=1S/C8H7F5O4/c1-4(6(16)17-3-5(14)15)2-7(9,10)8(11,12)13/h1-3H2,(H,14,15). The van der Waals surface area contributed by atoms with Crippen LogP contribution in [0.5, 0.6) is 0 Å². The van der Waals surface area contributed by atoms with Gasteiger partial charge in [-0.05, 0) is 0 Å². The third-order valence-electron chi connectivity index (χ3n) is 1.47. The van der Waals surface area contributed by atoms with E-state index in [1.807, 2.05) is 0 Å². The first kappa shape index (κ1) is 15.3. The zero-order valence-electron chi connectivity index (χ0n) is 8.18. The molecule has 0 rings (SSSR count). The zero-order valence-corrected chi connectivity index (χ0v) is 8.18. The van der Waals surface area contributed by atoms with E-state index in [0.717, 1.165) is 0 Å². The summed E-state index contributed by atoms with van der Waals surface area (Å²) >= 11 is 0. The summed E-state index contributed by atoms with van der Waals surface area (Å²) < 4.78 is 63.9. The van der Waals surface area contributed by atoms with Crippen molar-refractivity contribution in [2.45, 2.75) is 18.5 Å². The van der Waals surface area contributed by atoms with Crippen LogP contribution in [0.15, 0.2) is 12.2 Å². The Kier molecular flexibility index (Phi) is 4.60. The van der Waals surface area contributed by atoms with Gasteiger partial charge in [0.15, 0.2) is 6.61 Å². The van der Waals surface area contributed by atoms with E-state index in [2.05, 4.69) is 11.3 Å². The Labute approximate surface area is 91.7 Å². The Hall–Kier alpha value is -1.67. The number of halogens is 5. The van der Waals surface area contributed by atoms with E-state index in [1.54, 1.807) is 0 Å². The number of alkyl halides is 5. The molecule has 0 atom stereocenters. The summed E-state index contributed by atoms with van der Waals surface area (Å²) in [6, 6.07) is 0. The van der Waals surface area contributed by atoms with Crippen LogP contribution in [0.2, 0.25) is 0 Å². The summed E-state index contributed by atoms with van der Waals surface area (Å²) in [5.41, 5.74) is -1.16. The maximum atomic E-state index is 12.4. The van der Waals surface area contributed by atoms with Gasteiger partial charge in [0.05, 0.1) is 6.42 Å². The minimum atomic E-state index is -5.82. The second kappa shape index (κ2) is 5.11. The maximum Gasteiger partial charge on any atom is 0.453 e. The smallest absolute Gasteiger partial charge is 0.453 e. The SMILES string of the molecule is C=C(CC(F)(F)C(F)(F)F)C(=O)OCC(=O)O. The molecule has 98 valence electrons. The molecule has 9 heteroatoms. The number of carboxylic acid groups (broad SMARTS) is 1. The highest BCUT2D eigenvalue weighted by Crippen LogP contribution is 2.39. The summed E-state index contributed by atoms with van der Waals surface area (Å²) in [5, 5.41) is 8.07. The van der Waals surface area contributed by atoms with Crippen molar-refractivity contribution in [3.05, 3.63) is 12.2 Å². The lowest BCUT2D eigenvalue weighted by molar-refractivity contribution is -0.281. The fraction of sp³-hybridized carbons (Fsp3) is 0.500. The molecule has 0 unspecified atom stereocenters. The number of rotatable bonds is 5. The van der Waals surface area contributed by atoms with E-state index in [4.69, 9.17) is 5.11 Å². The minimum Gasteiger partial charge on any atom is -0.479 e. The molecule has 0 saturated heterocycles. The van der Waals surface area contributed by atoms with Crippen molar-refractivity contribution in [1.29, 1.82) is 0 Å². The average Bonchev–Trinajstić information content (AvgIpc) is 2.11. The first-order valence-electron chi connectivity index (χ1n) is 3.98. The van der Waals surface area contributed by atoms with Crippen molar-refractivity contribution in [2.24, 2.45) is 0 Å². The number of carbonyl (C=O) groups excluding carboxylic acids is 1. The van der Waals surface area contributed by atoms with Gasteiger partial charge in [-0.25, -0.2) is 9.59 Å². The van der Waals surface area contributed by atoms with Crippen LogP contribution >= 0.6 is 0 Å². The number of carbonyl (C=O) groups is 2. The van der Waals surface area contributed by atoms with E-state index in [-0.39, 0.29) is 0 Å². The molecule has 0 bridgehead atoms. The molecule has 0 aromatic carbocycles. The monoisotopic (exact) mass is 262 g/mol. The van der Waals surface area contributed by atoms with Crippen LogP contribution < -0.4 is 0 Å². The Morgan fingerprint density at radius 3 is 2.00 bits per heavy atom. The molecular formula is C8H7F5O4. The average molecular weight is 262 g/mol. The number of esters is 1. The molecule has 0 aromatic rings. The van der Waals surface area contributed by atoms with Crippen LogP contribution in [0.4, 0.5) is 22.0 Å². The lowest BCUT2D eigenvalue weighted by atomic mass is 10.1. The van der Waals surface area contributed by atoms with Gasteiger partial charge in [-0.3, -0.25) is 0 Å². The topological polar surface area (TPSA) is 63.6 Å². The Balaban J connectivity index is 4.45. The predicted molar refractivity (Wildman–Crippen MR) is 43.4 cm³/mol.